The molecule has 1 N–H and O–H groups in total. The van der Waals surface area contributed by atoms with Crippen LogP contribution >= 0.6 is 0 Å². The summed E-state index contributed by atoms with van der Waals surface area (Å²) in [4.78, 5) is 11.1. The van der Waals surface area contributed by atoms with Crippen molar-refractivity contribution in [3.63, 3.8) is 0 Å². The highest BCUT2D eigenvalue weighted by Gasteiger charge is 2.34. The number of aliphatic hydroxyl groups excluding tert-OH is 1. The van der Waals surface area contributed by atoms with Crippen molar-refractivity contribution < 1.29 is 14.6 Å². The molecule has 3 nitrogen and oxygen atoms in total. The first-order valence-electron chi connectivity index (χ1n) is 6.76. The number of ether oxygens (including phenoxy) is 1. The second-order valence-corrected chi connectivity index (χ2v) is 6.17. The maximum absolute atomic E-state index is 11.1. The molecule has 2 atom stereocenters. The highest BCUT2D eigenvalue weighted by molar-refractivity contribution is 5.66. The quantitative estimate of drug-likeness (QED) is 0.619. The van der Waals surface area contributed by atoms with Gasteiger partial charge in [0.2, 0.25) is 0 Å². The van der Waals surface area contributed by atoms with Crippen molar-refractivity contribution in [1.29, 1.82) is 0 Å². The lowest BCUT2D eigenvalue weighted by Crippen LogP contribution is -2.32. The van der Waals surface area contributed by atoms with E-state index in [4.69, 9.17) is 4.74 Å². The Morgan fingerprint density at radius 3 is 2.61 bits per heavy atom. The minimum absolute atomic E-state index is 0.00722. The lowest BCUT2D eigenvalue weighted by atomic mass is 9.70. The molecule has 3 heteroatoms. The topological polar surface area (TPSA) is 46.5 Å². The van der Waals surface area contributed by atoms with Gasteiger partial charge in [0, 0.05) is 13.3 Å². The van der Waals surface area contributed by atoms with E-state index in [0.29, 0.717) is 0 Å². The fourth-order valence-electron chi connectivity index (χ4n) is 3.03. The van der Waals surface area contributed by atoms with Crippen LogP contribution in [0.25, 0.3) is 0 Å². The van der Waals surface area contributed by atoms with Crippen molar-refractivity contribution >= 4 is 5.97 Å². The molecule has 0 radical (unpaired) electrons. The summed E-state index contributed by atoms with van der Waals surface area (Å²) in [6.07, 6.45) is 3.19. The van der Waals surface area contributed by atoms with E-state index in [1.54, 1.807) is 0 Å². The Hall–Kier alpha value is -0.830. The van der Waals surface area contributed by atoms with Crippen LogP contribution in [-0.2, 0) is 9.53 Å². The molecule has 0 unspecified atom stereocenters. The number of hydrogen-bond acceptors (Lipinski definition) is 3. The fourth-order valence-corrected chi connectivity index (χ4v) is 3.03. The zero-order valence-electron chi connectivity index (χ0n) is 12.2. The van der Waals surface area contributed by atoms with Crippen LogP contribution in [0.4, 0.5) is 0 Å². The van der Waals surface area contributed by atoms with Gasteiger partial charge in [0.25, 0.3) is 0 Å². The Morgan fingerprint density at radius 1 is 1.56 bits per heavy atom. The first-order chi connectivity index (χ1) is 8.22. The Balaban J connectivity index is 2.79. The van der Waals surface area contributed by atoms with Gasteiger partial charge < -0.3 is 9.84 Å². The van der Waals surface area contributed by atoms with Crippen molar-refractivity contribution in [2.24, 2.45) is 5.41 Å². The molecular formula is C15H26O3. The van der Waals surface area contributed by atoms with Crippen LogP contribution in [0, 0.1) is 5.41 Å². The van der Waals surface area contributed by atoms with Crippen molar-refractivity contribution in [2.75, 3.05) is 0 Å². The molecular weight excluding hydrogens is 228 g/mol. The van der Waals surface area contributed by atoms with Gasteiger partial charge in [-0.1, -0.05) is 25.0 Å². The largest absolute Gasteiger partial charge is 0.462 e. The maximum atomic E-state index is 11.1. The summed E-state index contributed by atoms with van der Waals surface area (Å²) in [7, 11) is 0. The van der Waals surface area contributed by atoms with Crippen LogP contribution in [0.1, 0.15) is 60.3 Å². The molecule has 1 rings (SSSR count). The number of allylic oxidation sites excluding steroid dienone is 1. The second kappa shape index (κ2) is 5.87. The minimum Gasteiger partial charge on any atom is -0.462 e. The lowest BCUT2D eigenvalue weighted by Gasteiger charge is -2.38. The molecule has 1 aliphatic carbocycles. The SMILES string of the molecule is CC(=O)O[C@@H]1CC(C)=C(CC[C@H](C)O)C(C)(C)C1. The molecule has 0 amide bonds. The van der Waals surface area contributed by atoms with E-state index in [1.165, 1.54) is 18.1 Å². The minimum atomic E-state index is -0.257. The van der Waals surface area contributed by atoms with Crippen molar-refractivity contribution in [1.82, 2.24) is 0 Å². The maximum Gasteiger partial charge on any atom is 0.302 e. The second-order valence-electron chi connectivity index (χ2n) is 6.17. The third-order valence-electron chi connectivity index (χ3n) is 3.75. The van der Waals surface area contributed by atoms with Crippen molar-refractivity contribution in [3.05, 3.63) is 11.1 Å². The number of carbonyl (C=O) groups excluding carboxylic acids is 1. The summed E-state index contributed by atoms with van der Waals surface area (Å²) < 4.78 is 5.35. The summed E-state index contributed by atoms with van der Waals surface area (Å²) in [5, 5.41) is 9.42. The van der Waals surface area contributed by atoms with Gasteiger partial charge in [-0.15, -0.1) is 0 Å². The molecule has 1 aliphatic rings. The van der Waals surface area contributed by atoms with Crippen molar-refractivity contribution in [3.8, 4) is 0 Å². The molecule has 0 aromatic carbocycles. The standard InChI is InChI=1S/C15H26O3/c1-10-8-13(18-12(3)17)9-15(4,5)14(10)7-6-11(2)16/h11,13,16H,6-9H2,1-5H3/t11-,13+/m0/s1. The van der Waals surface area contributed by atoms with Crippen LogP contribution < -0.4 is 0 Å². The number of esters is 1. The number of hydrogen-bond donors (Lipinski definition) is 1. The van der Waals surface area contributed by atoms with Crippen LogP contribution in [0.5, 0.6) is 0 Å². The summed E-state index contributed by atoms with van der Waals surface area (Å²) >= 11 is 0. The van der Waals surface area contributed by atoms with E-state index in [1.807, 2.05) is 6.92 Å². The molecule has 0 saturated carbocycles. The van der Waals surface area contributed by atoms with E-state index >= 15 is 0 Å². The monoisotopic (exact) mass is 254 g/mol. The zero-order valence-corrected chi connectivity index (χ0v) is 12.2. The summed E-state index contributed by atoms with van der Waals surface area (Å²) in [5.41, 5.74) is 2.79. The average Bonchev–Trinajstić information content (AvgIpc) is 2.12. The van der Waals surface area contributed by atoms with Gasteiger partial charge in [-0.05, 0) is 38.5 Å². The van der Waals surface area contributed by atoms with Crippen LogP contribution in [0.3, 0.4) is 0 Å². The predicted octanol–water partition coefficient (Wildman–Crippen LogP) is 3.22. The van der Waals surface area contributed by atoms with Gasteiger partial charge in [0.05, 0.1) is 6.10 Å². The Bertz CT molecular complexity index is 340. The van der Waals surface area contributed by atoms with E-state index in [2.05, 4.69) is 20.8 Å². The van der Waals surface area contributed by atoms with Gasteiger partial charge in [0.15, 0.2) is 0 Å². The number of rotatable bonds is 4. The van der Waals surface area contributed by atoms with Gasteiger partial charge in [-0.3, -0.25) is 4.79 Å². The van der Waals surface area contributed by atoms with E-state index < -0.39 is 0 Å². The van der Waals surface area contributed by atoms with Gasteiger partial charge in [0.1, 0.15) is 6.10 Å². The van der Waals surface area contributed by atoms with E-state index in [9.17, 15) is 9.90 Å². The molecule has 0 heterocycles. The Morgan fingerprint density at radius 2 is 2.17 bits per heavy atom. The zero-order chi connectivity index (χ0) is 13.9. The highest BCUT2D eigenvalue weighted by atomic mass is 16.5. The molecule has 0 bridgehead atoms. The van der Waals surface area contributed by atoms with E-state index in [0.717, 1.165) is 25.7 Å². The van der Waals surface area contributed by atoms with Crippen molar-refractivity contribution in [2.45, 2.75) is 72.5 Å². The molecule has 0 aromatic rings. The molecule has 18 heavy (non-hydrogen) atoms. The average molecular weight is 254 g/mol. The molecule has 0 aromatic heterocycles. The highest BCUT2D eigenvalue weighted by Crippen LogP contribution is 2.43. The molecule has 0 fully saturated rings. The Kier molecular flexibility index (Phi) is 4.97. The summed E-state index contributed by atoms with van der Waals surface area (Å²) in [5.74, 6) is -0.198. The predicted molar refractivity (Wildman–Crippen MR) is 72.2 cm³/mol. The molecule has 0 aliphatic heterocycles. The first-order valence-corrected chi connectivity index (χ1v) is 6.76. The van der Waals surface area contributed by atoms with Crippen LogP contribution in [0.15, 0.2) is 11.1 Å². The smallest absolute Gasteiger partial charge is 0.302 e. The number of aliphatic hydroxyl groups is 1. The van der Waals surface area contributed by atoms with Crippen LogP contribution in [-0.4, -0.2) is 23.3 Å². The first kappa shape index (κ1) is 15.2. The fraction of sp³-hybridized carbons (Fsp3) is 0.800. The summed E-state index contributed by atoms with van der Waals surface area (Å²) in [6.45, 7) is 9.81. The molecule has 0 saturated heterocycles. The molecule has 0 spiro atoms. The summed E-state index contributed by atoms with van der Waals surface area (Å²) in [6, 6.07) is 0. The third-order valence-corrected chi connectivity index (χ3v) is 3.75. The van der Waals surface area contributed by atoms with Gasteiger partial charge in [-0.2, -0.15) is 0 Å². The normalized spacial score (nSPS) is 24.9. The molecule has 104 valence electrons. The lowest BCUT2D eigenvalue weighted by molar-refractivity contribution is -0.147. The van der Waals surface area contributed by atoms with Gasteiger partial charge in [-0.25, -0.2) is 0 Å². The third kappa shape index (κ3) is 4.13. The Labute approximate surface area is 110 Å². The number of carbonyl (C=O) groups is 1. The van der Waals surface area contributed by atoms with E-state index in [-0.39, 0.29) is 23.6 Å². The van der Waals surface area contributed by atoms with Crippen LogP contribution in [0.2, 0.25) is 0 Å². The van der Waals surface area contributed by atoms with Gasteiger partial charge >= 0.3 is 5.97 Å².